The summed E-state index contributed by atoms with van der Waals surface area (Å²) in [6.07, 6.45) is 1.79. The summed E-state index contributed by atoms with van der Waals surface area (Å²) < 4.78 is 0. The van der Waals surface area contributed by atoms with Gasteiger partial charge in [0, 0.05) is 25.3 Å². The van der Waals surface area contributed by atoms with Crippen LogP contribution in [0.2, 0.25) is 0 Å². The van der Waals surface area contributed by atoms with Gasteiger partial charge in [-0.1, -0.05) is 0 Å². The summed E-state index contributed by atoms with van der Waals surface area (Å²) in [5.74, 6) is 0.506. The van der Waals surface area contributed by atoms with E-state index in [1.54, 1.807) is 12.3 Å². The van der Waals surface area contributed by atoms with Crippen molar-refractivity contribution in [3.8, 4) is 0 Å². The van der Waals surface area contributed by atoms with Crippen molar-refractivity contribution in [2.45, 2.75) is 0 Å². The second-order valence-corrected chi connectivity index (χ2v) is 2.27. The van der Waals surface area contributed by atoms with Gasteiger partial charge in [-0.3, -0.25) is 0 Å². The number of nitrogen functional groups attached to an aromatic ring is 1. The molecule has 0 spiro atoms. The minimum absolute atomic E-state index is 0.506. The standard InChI is InChI=1S/C6H10N4/c1-10(2)5-3-6(7)9-8-4-5/h3-4H,1-2H3,(H2,7,9)/p+1. The minimum Gasteiger partial charge on any atom is -0.379 e. The van der Waals surface area contributed by atoms with Crippen LogP contribution in [0.25, 0.3) is 0 Å². The number of aromatic nitrogens is 2. The summed E-state index contributed by atoms with van der Waals surface area (Å²) in [4.78, 5) is 1.95. The van der Waals surface area contributed by atoms with E-state index in [0.717, 1.165) is 5.69 Å². The number of H-pyrrole nitrogens is 1. The van der Waals surface area contributed by atoms with Gasteiger partial charge in [0.25, 0.3) is 0 Å². The third kappa shape index (κ3) is 1.34. The third-order valence-corrected chi connectivity index (χ3v) is 1.22. The van der Waals surface area contributed by atoms with Gasteiger partial charge in [0.1, 0.15) is 5.69 Å². The van der Waals surface area contributed by atoms with Gasteiger partial charge in [-0.05, 0) is 0 Å². The fraction of sp³-hybridized carbons (Fsp3) is 0.333. The fourth-order valence-corrected chi connectivity index (χ4v) is 0.657. The molecule has 3 N–H and O–H groups in total. The molecule has 0 bridgehead atoms. The van der Waals surface area contributed by atoms with Gasteiger partial charge in [0.2, 0.25) is 6.20 Å². The van der Waals surface area contributed by atoms with Crippen LogP contribution < -0.4 is 15.7 Å². The second kappa shape index (κ2) is 2.51. The Balaban J connectivity index is 2.96. The van der Waals surface area contributed by atoms with Gasteiger partial charge >= 0.3 is 0 Å². The van der Waals surface area contributed by atoms with E-state index in [9.17, 15) is 0 Å². The van der Waals surface area contributed by atoms with Crippen molar-refractivity contribution in [1.29, 1.82) is 0 Å². The molecule has 1 aromatic heterocycles. The first-order chi connectivity index (χ1) is 4.70. The smallest absolute Gasteiger partial charge is 0.217 e. The average Bonchev–Trinajstić information content (AvgIpc) is 1.88. The number of hydrogen-bond donors (Lipinski definition) is 1. The number of rotatable bonds is 1. The predicted molar refractivity (Wildman–Crippen MR) is 39.5 cm³/mol. The molecular weight excluding hydrogens is 128 g/mol. The van der Waals surface area contributed by atoms with Crippen LogP contribution in [0, 0.1) is 0 Å². The quantitative estimate of drug-likeness (QED) is 0.573. The number of hydrogen-bond acceptors (Lipinski definition) is 3. The summed E-state index contributed by atoms with van der Waals surface area (Å²) in [6, 6.07) is 1.80. The Morgan fingerprint density at radius 3 is 2.70 bits per heavy atom. The molecule has 0 aliphatic heterocycles. The van der Waals surface area contributed by atoms with Crippen molar-refractivity contribution in [2.24, 2.45) is 0 Å². The average molecular weight is 139 g/mol. The van der Waals surface area contributed by atoms with E-state index in [1.807, 2.05) is 19.0 Å². The molecule has 0 amide bonds. The number of anilines is 2. The van der Waals surface area contributed by atoms with Crippen LogP contribution in [-0.2, 0) is 0 Å². The Hall–Kier alpha value is -1.32. The van der Waals surface area contributed by atoms with Gasteiger partial charge < -0.3 is 10.6 Å². The fourth-order valence-electron chi connectivity index (χ4n) is 0.657. The van der Waals surface area contributed by atoms with Crippen molar-refractivity contribution in [3.63, 3.8) is 0 Å². The Morgan fingerprint density at radius 1 is 1.60 bits per heavy atom. The molecule has 1 aromatic rings. The van der Waals surface area contributed by atoms with Crippen molar-refractivity contribution in [3.05, 3.63) is 12.3 Å². The van der Waals surface area contributed by atoms with E-state index < -0.39 is 0 Å². The van der Waals surface area contributed by atoms with Crippen LogP contribution in [0.5, 0.6) is 0 Å². The Labute approximate surface area is 59.7 Å². The number of nitrogens with zero attached hydrogens (tertiary/aromatic N) is 2. The highest BCUT2D eigenvalue weighted by Gasteiger charge is 1.99. The van der Waals surface area contributed by atoms with E-state index in [2.05, 4.69) is 10.2 Å². The molecule has 4 nitrogen and oxygen atoms in total. The first kappa shape index (κ1) is 6.80. The highest BCUT2D eigenvalue weighted by atomic mass is 15.2. The third-order valence-electron chi connectivity index (χ3n) is 1.22. The zero-order valence-corrected chi connectivity index (χ0v) is 6.13. The maximum atomic E-state index is 5.43. The lowest BCUT2D eigenvalue weighted by Crippen LogP contribution is -2.16. The minimum atomic E-state index is 0.506. The molecular formula is C6H11N4+. The molecule has 0 aliphatic rings. The van der Waals surface area contributed by atoms with Crippen molar-refractivity contribution in [1.82, 2.24) is 5.10 Å². The molecule has 0 aromatic carbocycles. The van der Waals surface area contributed by atoms with E-state index in [1.165, 1.54) is 0 Å². The summed E-state index contributed by atoms with van der Waals surface area (Å²) in [5, 5.41) is 6.44. The molecule has 1 rings (SSSR count). The zero-order chi connectivity index (χ0) is 7.56. The van der Waals surface area contributed by atoms with Crippen LogP contribution in [0.15, 0.2) is 12.3 Å². The van der Waals surface area contributed by atoms with Crippen LogP contribution in [-0.4, -0.2) is 19.2 Å². The number of nitrogens with two attached hydrogens (primary N) is 1. The van der Waals surface area contributed by atoms with Crippen molar-refractivity contribution in [2.75, 3.05) is 24.7 Å². The Bertz CT molecular complexity index is 221. The summed E-state index contributed by atoms with van der Waals surface area (Å²) in [6.45, 7) is 0. The summed E-state index contributed by atoms with van der Waals surface area (Å²) >= 11 is 0. The maximum Gasteiger partial charge on any atom is 0.217 e. The molecule has 0 radical (unpaired) electrons. The van der Waals surface area contributed by atoms with Gasteiger partial charge in [0.15, 0.2) is 5.82 Å². The summed E-state index contributed by atoms with van der Waals surface area (Å²) in [7, 11) is 3.89. The van der Waals surface area contributed by atoms with E-state index >= 15 is 0 Å². The molecule has 10 heavy (non-hydrogen) atoms. The lowest BCUT2D eigenvalue weighted by Gasteiger charge is -2.07. The number of aromatic amines is 1. The van der Waals surface area contributed by atoms with Crippen LogP contribution >= 0.6 is 0 Å². The molecule has 4 heteroatoms. The lowest BCUT2D eigenvalue weighted by molar-refractivity contribution is -0.452. The van der Waals surface area contributed by atoms with E-state index in [0.29, 0.717) is 5.82 Å². The van der Waals surface area contributed by atoms with E-state index in [4.69, 9.17) is 5.73 Å². The van der Waals surface area contributed by atoms with E-state index in [-0.39, 0.29) is 0 Å². The Morgan fingerprint density at radius 2 is 2.30 bits per heavy atom. The Kier molecular flexibility index (Phi) is 1.71. The molecule has 0 aliphatic carbocycles. The lowest BCUT2D eigenvalue weighted by atomic mass is 10.4. The first-order valence-electron chi connectivity index (χ1n) is 3.01. The monoisotopic (exact) mass is 139 g/mol. The summed E-state index contributed by atoms with van der Waals surface area (Å²) in [5.41, 5.74) is 6.45. The zero-order valence-electron chi connectivity index (χ0n) is 6.13. The highest BCUT2D eigenvalue weighted by molar-refractivity contribution is 5.47. The van der Waals surface area contributed by atoms with Crippen LogP contribution in [0.3, 0.4) is 0 Å². The highest BCUT2D eigenvalue weighted by Crippen LogP contribution is 2.07. The van der Waals surface area contributed by atoms with Gasteiger partial charge in [0.05, 0.1) is 0 Å². The molecule has 1 heterocycles. The topological polar surface area (TPSA) is 56.3 Å². The first-order valence-corrected chi connectivity index (χ1v) is 3.01. The molecule has 0 saturated carbocycles. The number of nitrogens with one attached hydrogen (secondary N) is 1. The van der Waals surface area contributed by atoms with Crippen molar-refractivity contribution < 1.29 is 5.10 Å². The second-order valence-electron chi connectivity index (χ2n) is 2.27. The largest absolute Gasteiger partial charge is 0.379 e. The van der Waals surface area contributed by atoms with Gasteiger partial charge in [-0.15, -0.1) is 5.10 Å². The molecule has 0 unspecified atom stereocenters. The molecule has 54 valence electrons. The maximum absolute atomic E-state index is 5.43. The normalized spacial score (nSPS) is 9.40. The molecule has 0 atom stereocenters. The van der Waals surface area contributed by atoms with Crippen LogP contribution in [0.1, 0.15) is 0 Å². The molecule has 0 fully saturated rings. The molecule has 0 saturated heterocycles. The SMILES string of the molecule is CN(C)c1c[nH+]nc(N)c1. The predicted octanol–water partition coefficient (Wildman–Crippen LogP) is -0.456. The van der Waals surface area contributed by atoms with Gasteiger partial charge in [-0.25, -0.2) is 0 Å². The van der Waals surface area contributed by atoms with Crippen molar-refractivity contribution >= 4 is 11.5 Å². The van der Waals surface area contributed by atoms with Gasteiger partial charge in [-0.2, -0.15) is 0 Å². The van der Waals surface area contributed by atoms with Crippen LogP contribution in [0.4, 0.5) is 11.5 Å².